The standard InChI is InChI=1S/C16H20O8/c1-16(2,8-6-4-3-5-7-8)15(22)24-14-11(19)9(17)10(18)12(23-14)13(20)21/h3-7,9-12,14,17-19H,1-2H3,(H,20,21)/t9-,10-,11+,12-,14-/m0/s1. The summed E-state index contributed by atoms with van der Waals surface area (Å²) < 4.78 is 10.0. The SMILES string of the molecule is CC(C)(C(=O)O[C@@H]1O[C@H](C(=O)O)[C@@H](O)[C@H](O)[C@H]1O)c1ccccc1. The molecule has 0 unspecified atom stereocenters. The van der Waals surface area contributed by atoms with Crippen molar-refractivity contribution in [3.05, 3.63) is 35.9 Å². The lowest BCUT2D eigenvalue weighted by Crippen LogP contribution is -2.61. The highest BCUT2D eigenvalue weighted by atomic mass is 16.7. The second kappa shape index (κ2) is 6.86. The van der Waals surface area contributed by atoms with Crippen molar-refractivity contribution in [2.45, 2.75) is 50.0 Å². The molecule has 1 aromatic rings. The lowest BCUT2D eigenvalue weighted by atomic mass is 9.85. The van der Waals surface area contributed by atoms with Gasteiger partial charge in [0.25, 0.3) is 0 Å². The minimum atomic E-state index is -1.84. The molecule has 0 radical (unpaired) electrons. The van der Waals surface area contributed by atoms with Crippen molar-refractivity contribution in [1.82, 2.24) is 0 Å². The Kier molecular flexibility index (Phi) is 5.24. The Morgan fingerprint density at radius 2 is 1.62 bits per heavy atom. The number of aliphatic hydroxyl groups is 3. The highest BCUT2D eigenvalue weighted by molar-refractivity contribution is 5.82. The van der Waals surface area contributed by atoms with Crippen LogP contribution in [0.15, 0.2) is 30.3 Å². The Balaban J connectivity index is 2.16. The average Bonchev–Trinajstić information content (AvgIpc) is 2.55. The largest absolute Gasteiger partial charge is 0.479 e. The monoisotopic (exact) mass is 340 g/mol. The van der Waals surface area contributed by atoms with E-state index in [9.17, 15) is 24.9 Å². The number of esters is 1. The van der Waals surface area contributed by atoms with E-state index in [1.807, 2.05) is 0 Å². The van der Waals surface area contributed by atoms with Gasteiger partial charge in [0.15, 0.2) is 6.10 Å². The van der Waals surface area contributed by atoms with Crippen LogP contribution in [0.4, 0.5) is 0 Å². The van der Waals surface area contributed by atoms with Crippen LogP contribution in [0.3, 0.4) is 0 Å². The number of aliphatic hydroxyl groups excluding tert-OH is 3. The fourth-order valence-electron chi connectivity index (χ4n) is 2.37. The maximum Gasteiger partial charge on any atom is 0.335 e. The van der Waals surface area contributed by atoms with Crippen LogP contribution in [0.5, 0.6) is 0 Å². The summed E-state index contributed by atoms with van der Waals surface area (Å²) >= 11 is 0. The van der Waals surface area contributed by atoms with Crippen molar-refractivity contribution < 1.29 is 39.5 Å². The first-order valence-corrected chi connectivity index (χ1v) is 7.35. The summed E-state index contributed by atoms with van der Waals surface area (Å²) in [5, 5.41) is 38.2. The Morgan fingerprint density at radius 1 is 1.04 bits per heavy atom. The summed E-state index contributed by atoms with van der Waals surface area (Å²) in [6, 6.07) is 8.72. The molecule has 0 bridgehead atoms. The van der Waals surface area contributed by atoms with E-state index >= 15 is 0 Å². The number of ether oxygens (including phenoxy) is 2. The predicted octanol–water partition coefficient (Wildman–Crippen LogP) is -0.600. The Bertz CT molecular complexity index is 599. The van der Waals surface area contributed by atoms with Gasteiger partial charge >= 0.3 is 11.9 Å². The summed E-state index contributed by atoms with van der Waals surface area (Å²) in [7, 11) is 0. The van der Waals surface area contributed by atoms with Crippen molar-refractivity contribution in [2.24, 2.45) is 0 Å². The predicted molar refractivity (Wildman–Crippen MR) is 79.9 cm³/mol. The van der Waals surface area contributed by atoms with Gasteiger partial charge in [-0.3, -0.25) is 4.79 Å². The first-order chi connectivity index (χ1) is 11.2. The van der Waals surface area contributed by atoms with Crippen LogP contribution in [-0.2, 0) is 24.5 Å². The summed E-state index contributed by atoms with van der Waals surface area (Å²) in [5.41, 5.74) is -0.444. The van der Waals surface area contributed by atoms with Crippen molar-refractivity contribution in [1.29, 1.82) is 0 Å². The lowest BCUT2D eigenvalue weighted by Gasteiger charge is -2.39. The zero-order valence-corrected chi connectivity index (χ0v) is 13.2. The number of carboxylic acid groups (broad SMARTS) is 1. The molecule has 1 fully saturated rings. The van der Waals surface area contributed by atoms with E-state index in [0.29, 0.717) is 5.56 Å². The molecule has 8 nitrogen and oxygen atoms in total. The van der Waals surface area contributed by atoms with Gasteiger partial charge in [-0.1, -0.05) is 30.3 Å². The van der Waals surface area contributed by atoms with E-state index in [1.54, 1.807) is 44.2 Å². The van der Waals surface area contributed by atoms with Crippen LogP contribution in [0.25, 0.3) is 0 Å². The van der Waals surface area contributed by atoms with E-state index < -0.39 is 48.1 Å². The van der Waals surface area contributed by atoms with E-state index in [-0.39, 0.29) is 0 Å². The molecule has 0 spiro atoms. The Morgan fingerprint density at radius 3 is 2.17 bits per heavy atom. The average molecular weight is 340 g/mol. The summed E-state index contributed by atoms with van der Waals surface area (Å²) in [6.45, 7) is 3.19. The molecule has 2 rings (SSSR count). The van der Waals surface area contributed by atoms with Crippen molar-refractivity contribution in [3.8, 4) is 0 Å². The van der Waals surface area contributed by atoms with Crippen LogP contribution >= 0.6 is 0 Å². The fourth-order valence-corrected chi connectivity index (χ4v) is 2.37. The molecule has 132 valence electrons. The molecule has 8 heteroatoms. The zero-order chi connectivity index (χ0) is 18.1. The zero-order valence-electron chi connectivity index (χ0n) is 13.2. The van der Waals surface area contributed by atoms with E-state index in [4.69, 9.17) is 14.6 Å². The number of benzene rings is 1. The molecule has 1 heterocycles. The molecular formula is C16H20O8. The molecule has 5 atom stereocenters. The van der Waals surface area contributed by atoms with Crippen molar-refractivity contribution in [2.75, 3.05) is 0 Å². The summed E-state index contributed by atoms with van der Waals surface area (Å²) in [5.74, 6) is -2.32. The maximum absolute atomic E-state index is 12.4. The summed E-state index contributed by atoms with van der Waals surface area (Å²) in [6.07, 6.45) is -8.96. The molecule has 0 aliphatic carbocycles. The molecule has 1 aliphatic heterocycles. The van der Waals surface area contributed by atoms with Crippen LogP contribution in [0.2, 0.25) is 0 Å². The molecule has 24 heavy (non-hydrogen) atoms. The Hall–Kier alpha value is -2.00. The van der Waals surface area contributed by atoms with Gasteiger partial charge in [-0.15, -0.1) is 0 Å². The third-order valence-corrected chi connectivity index (χ3v) is 4.04. The smallest absolute Gasteiger partial charge is 0.335 e. The minimum Gasteiger partial charge on any atom is -0.479 e. The van der Waals surface area contributed by atoms with Crippen LogP contribution in [0.1, 0.15) is 19.4 Å². The third kappa shape index (κ3) is 3.41. The fraction of sp³-hybridized carbons (Fsp3) is 0.500. The first kappa shape index (κ1) is 18.3. The third-order valence-electron chi connectivity index (χ3n) is 4.04. The minimum absolute atomic E-state index is 0.649. The van der Waals surface area contributed by atoms with Crippen LogP contribution in [-0.4, -0.2) is 63.1 Å². The van der Waals surface area contributed by atoms with Gasteiger partial charge in [-0.05, 0) is 19.4 Å². The van der Waals surface area contributed by atoms with Gasteiger partial charge in [-0.25, -0.2) is 4.79 Å². The van der Waals surface area contributed by atoms with Crippen molar-refractivity contribution >= 4 is 11.9 Å². The van der Waals surface area contributed by atoms with Crippen molar-refractivity contribution in [3.63, 3.8) is 0 Å². The van der Waals surface area contributed by atoms with Gasteiger partial charge in [0.2, 0.25) is 6.29 Å². The molecule has 4 N–H and O–H groups in total. The molecule has 0 saturated carbocycles. The molecule has 0 aromatic heterocycles. The maximum atomic E-state index is 12.4. The second-order valence-corrected chi connectivity index (χ2v) is 6.13. The van der Waals surface area contributed by atoms with Gasteiger partial charge in [0.1, 0.15) is 18.3 Å². The summed E-state index contributed by atoms with van der Waals surface area (Å²) in [4.78, 5) is 23.5. The number of carboxylic acids is 1. The number of aliphatic carboxylic acids is 1. The van der Waals surface area contributed by atoms with Gasteiger partial charge in [-0.2, -0.15) is 0 Å². The molecule has 1 aliphatic rings. The van der Waals surface area contributed by atoms with E-state index in [0.717, 1.165) is 0 Å². The lowest BCUT2D eigenvalue weighted by molar-refractivity contribution is -0.287. The number of carbonyl (C=O) groups is 2. The highest BCUT2D eigenvalue weighted by Gasteiger charge is 2.49. The highest BCUT2D eigenvalue weighted by Crippen LogP contribution is 2.28. The normalized spacial score (nSPS) is 30.6. The molecule has 1 aromatic carbocycles. The number of rotatable bonds is 4. The second-order valence-electron chi connectivity index (χ2n) is 6.13. The van der Waals surface area contributed by atoms with E-state index in [1.165, 1.54) is 0 Å². The van der Waals surface area contributed by atoms with Crippen LogP contribution in [0, 0.1) is 0 Å². The van der Waals surface area contributed by atoms with Gasteiger partial charge in [0, 0.05) is 0 Å². The van der Waals surface area contributed by atoms with Crippen LogP contribution < -0.4 is 0 Å². The number of hydrogen-bond acceptors (Lipinski definition) is 7. The van der Waals surface area contributed by atoms with Gasteiger partial charge < -0.3 is 29.9 Å². The van der Waals surface area contributed by atoms with E-state index in [2.05, 4.69) is 0 Å². The number of hydrogen-bond donors (Lipinski definition) is 4. The van der Waals surface area contributed by atoms with Gasteiger partial charge in [0.05, 0.1) is 5.41 Å². The molecule has 0 amide bonds. The first-order valence-electron chi connectivity index (χ1n) is 7.35. The Labute approximate surface area is 138 Å². The molecule has 1 saturated heterocycles. The topological polar surface area (TPSA) is 134 Å². The quantitative estimate of drug-likeness (QED) is 0.534. The molecular weight excluding hydrogens is 320 g/mol. The number of carbonyl (C=O) groups excluding carboxylic acids is 1.